The number of phenols is 1. The molecule has 10 heteroatoms. The van der Waals surface area contributed by atoms with Gasteiger partial charge < -0.3 is 10.4 Å². The van der Waals surface area contributed by atoms with Gasteiger partial charge in [-0.1, -0.05) is 0 Å². The fourth-order valence-electron chi connectivity index (χ4n) is 2.30. The van der Waals surface area contributed by atoms with Gasteiger partial charge in [0.2, 0.25) is 0 Å². The highest BCUT2D eigenvalue weighted by molar-refractivity contribution is 9.10. The van der Waals surface area contributed by atoms with Gasteiger partial charge in [0.25, 0.3) is 6.43 Å². The number of nitrogens with zero attached hydrogens (tertiary/aromatic N) is 1. The number of phenolic OH excluding ortho intramolecular Hbond substituents is 1. The van der Waals surface area contributed by atoms with Gasteiger partial charge in [-0.15, -0.1) is 24.8 Å². The summed E-state index contributed by atoms with van der Waals surface area (Å²) in [4.78, 5) is 1.34. The maximum Gasteiger partial charge on any atom is 0.258 e. The van der Waals surface area contributed by atoms with Crippen LogP contribution in [-0.4, -0.2) is 42.6 Å². The molecule has 1 atom stereocenters. The van der Waals surface area contributed by atoms with Gasteiger partial charge in [0.05, 0.1) is 10.0 Å². The van der Waals surface area contributed by atoms with Gasteiger partial charge in [-0.2, -0.15) is 0 Å². The first-order chi connectivity index (χ1) is 9.43. The lowest BCUT2D eigenvalue weighted by Gasteiger charge is -2.35. The zero-order chi connectivity index (χ0) is 14.9. The van der Waals surface area contributed by atoms with E-state index in [0.29, 0.717) is 19.2 Å². The molecule has 128 valence electrons. The summed E-state index contributed by atoms with van der Waals surface area (Å²) in [6.07, 6.45) is -2.94. The van der Waals surface area contributed by atoms with Crippen molar-refractivity contribution in [2.24, 2.45) is 0 Å². The molecule has 0 aliphatic carbocycles. The van der Waals surface area contributed by atoms with Crippen LogP contribution in [0.2, 0.25) is 0 Å². The van der Waals surface area contributed by atoms with Gasteiger partial charge in [0, 0.05) is 26.2 Å². The van der Waals surface area contributed by atoms with Gasteiger partial charge in [-0.25, -0.2) is 17.6 Å². The quantitative estimate of drug-likeness (QED) is 0.570. The van der Waals surface area contributed by atoms with E-state index >= 15 is 0 Å². The molecule has 1 heterocycles. The summed E-state index contributed by atoms with van der Waals surface area (Å²) in [6, 6.07) is -0.960. The molecule has 2 N–H and O–H groups in total. The first-order valence-corrected chi connectivity index (χ1v) is 6.82. The van der Waals surface area contributed by atoms with E-state index in [1.807, 2.05) is 0 Å². The predicted molar refractivity (Wildman–Crippen MR) is 83.4 cm³/mol. The van der Waals surface area contributed by atoms with E-state index in [1.54, 1.807) is 0 Å². The number of alkyl halides is 2. The molecule has 1 aliphatic rings. The van der Waals surface area contributed by atoms with Crippen LogP contribution in [0.1, 0.15) is 11.6 Å². The number of benzene rings is 1. The summed E-state index contributed by atoms with van der Waals surface area (Å²) in [6.45, 7) is 1.48. The minimum Gasteiger partial charge on any atom is -0.506 e. The number of aromatic hydroxyl groups is 1. The molecular weight excluding hydrogens is 415 g/mol. The largest absolute Gasteiger partial charge is 0.506 e. The van der Waals surface area contributed by atoms with Crippen LogP contribution in [0.3, 0.4) is 0 Å². The molecule has 3 nitrogen and oxygen atoms in total. The Labute approximate surface area is 146 Å². The highest BCUT2D eigenvalue weighted by Gasteiger charge is 2.36. The SMILES string of the molecule is Cl.Cl.Oc1c(Br)cc(F)c(F)c1[C@H](C(F)F)N1CCNCC1. The number of nitrogens with one attached hydrogen (secondary N) is 1. The van der Waals surface area contributed by atoms with Crippen molar-refractivity contribution < 1.29 is 22.7 Å². The van der Waals surface area contributed by atoms with Crippen LogP contribution in [-0.2, 0) is 0 Å². The van der Waals surface area contributed by atoms with E-state index in [9.17, 15) is 22.7 Å². The molecule has 0 spiro atoms. The van der Waals surface area contributed by atoms with Crippen LogP contribution in [0.15, 0.2) is 10.5 Å². The maximum atomic E-state index is 13.9. The van der Waals surface area contributed by atoms with E-state index in [-0.39, 0.29) is 42.4 Å². The average Bonchev–Trinajstić information content (AvgIpc) is 2.42. The first-order valence-electron chi connectivity index (χ1n) is 6.02. The molecule has 2 rings (SSSR count). The van der Waals surface area contributed by atoms with Gasteiger partial charge in [0.15, 0.2) is 11.6 Å². The third kappa shape index (κ3) is 4.38. The third-order valence-electron chi connectivity index (χ3n) is 3.26. The smallest absolute Gasteiger partial charge is 0.258 e. The molecule has 0 amide bonds. The molecular formula is C12H15BrCl2F4N2O. The molecule has 22 heavy (non-hydrogen) atoms. The minimum absolute atomic E-state index is 0. The summed E-state index contributed by atoms with van der Waals surface area (Å²) in [5.41, 5.74) is -0.700. The summed E-state index contributed by atoms with van der Waals surface area (Å²) in [5.74, 6) is -3.40. The van der Waals surface area contributed by atoms with Gasteiger partial charge in [-0.05, 0) is 22.0 Å². The van der Waals surface area contributed by atoms with Crippen molar-refractivity contribution >= 4 is 40.7 Å². The minimum atomic E-state index is -2.94. The van der Waals surface area contributed by atoms with Gasteiger partial charge >= 0.3 is 0 Å². The van der Waals surface area contributed by atoms with E-state index in [1.165, 1.54) is 4.90 Å². The Kier molecular flexibility index (Phi) is 9.01. The number of rotatable bonds is 3. The highest BCUT2D eigenvalue weighted by atomic mass is 79.9. The Balaban J connectivity index is 0.00000220. The second kappa shape index (κ2) is 9.12. The Morgan fingerprint density at radius 3 is 2.23 bits per heavy atom. The highest BCUT2D eigenvalue weighted by Crippen LogP contribution is 2.40. The molecule has 1 aliphatic heterocycles. The standard InChI is InChI=1S/C12H13BrF4N2O.2ClH/c13-6-5-7(14)9(15)8(11(6)20)10(12(16)17)19-3-1-18-2-4-19;;/h5,10,12,18,20H,1-4H2;2*1H/t10-;;/m1../s1. The van der Waals surface area contributed by atoms with Gasteiger partial charge in [0.1, 0.15) is 11.8 Å². The zero-order valence-electron chi connectivity index (χ0n) is 11.2. The number of halogens is 7. The van der Waals surface area contributed by atoms with E-state index in [0.717, 1.165) is 0 Å². The Morgan fingerprint density at radius 1 is 1.18 bits per heavy atom. The molecule has 1 saturated heterocycles. The topological polar surface area (TPSA) is 35.5 Å². The van der Waals surface area contributed by atoms with Gasteiger partial charge in [-0.3, -0.25) is 4.90 Å². The van der Waals surface area contributed by atoms with Crippen LogP contribution < -0.4 is 5.32 Å². The van der Waals surface area contributed by atoms with Crippen molar-refractivity contribution in [3.05, 3.63) is 27.7 Å². The van der Waals surface area contributed by atoms with Crippen molar-refractivity contribution in [2.75, 3.05) is 26.2 Å². The first kappa shape index (κ1) is 21.7. The second-order valence-electron chi connectivity index (χ2n) is 4.48. The molecule has 0 unspecified atom stereocenters. The molecule has 0 saturated carbocycles. The summed E-state index contributed by atoms with van der Waals surface area (Å²) < 4.78 is 53.8. The number of hydrogen-bond acceptors (Lipinski definition) is 3. The fraction of sp³-hybridized carbons (Fsp3) is 0.500. The van der Waals surface area contributed by atoms with Crippen LogP contribution in [0, 0.1) is 11.6 Å². The molecule has 1 aromatic carbocycles. The van der Waals surface area contributed by atoms with Crippen molar-refractivity contribution in [2.45, 2.75) is 12.5 Å². The Hall–Kier alpha value is -0.280. The van der Waals surface area contributed by atoms with Crippen molar-refractivity contribution in [3.63, 3.8) is 0 Å². The summed E-state index contributed by atoms with van der Waals surface area (Å²) in [5, 5.41) is 12.8. The molecule has 0 bridgehead atoms. The van der Waals surface area contributed by atoms with Crippen molar-refractivity contribution in [1.29, 1.82) is 0 Å². The fourth-order valence-corrected chi connectivity index (χ4v) is 2.72. The summed E-state index contributed by atoms with van der Waals surface area (Å²) in [7, 11) is 0. The monoisotopic (exact) mass is 428 g/mol. The number of piperazine rings is 1. The van der Waals surface area contributed by atoms with Crippen LogP contribution in [0.5, 0.6) is 5.75 Å². The second-order valence-corrected chi connectivity index (χ2v) is 5.34. The summed E-state index contributed by atoms with van der Waals surface area (Å²) >= 11 is 2.84. The van der Waals surface area contributed by atoms with E-state index in [4.69, 9.17) is 0 Å². The third-order valence-corrected chi connectivity index (χ3v) is 3.86. The molecule has 1 fully saturated rings. The lowest BCUT2D eigenvalue weighted by atomic mass is 10.0. The molecule has 0 radical (unpaired) electrons. The van der Waals surface area contributed by atoms with Crippen molar-refractivity contribution in [3.8, 4) is 5.75 Å². The van der Waals surface area contributed by atoms with Crippen LogP contribution >= 0.6 is 40.7 Å². The lowest BCUT2D eigenvalue weighted by Crippen LogP contribution is -2.47. The van der Waals surface area contributed by atoms with Crippen LogP contribution in [0.25, 0.3) is 0 Å². The van der Waals surface area contributed by atoms with Crippen LogP contribution in [0.4, 0.5) is 17.6 Å². The molecule has 0 aromatic heterocycles. The maximum absolute atomic E-state index is 13.9. The molecule has 1 aromatic rings. The van der Waals surface area contributed by atoms with E-state index < -0.39 is 35.4 Å². The predicted octanol–water partition coefficient (Wildman–Crippen LogP) is 3.49. The Morgan fingerprint density at radius 2 is 1.73 bits per heavy atom. The van der Waals surface area contributed by atoms with E-state index in [2.05, 4.69) is 21.2 Å². The zero-order valence-corrected chi connectivity index (χ0v) is 14.4. The average molecular weight is 430 g/mol. The Bertz CT molecular complexity index is 478. The van der Waals surface area contributed by atoms with Crippen molar-refractivity contribution in [1.82, 2.24) is 10.2 Å². The normalized spacial score (nSPS) is 16.8. The lowest BCUT2D eigenvalue weighted by molar-refractivity contribution is 0.0148. The number of hydrogen-bond donors (Lipinski definition) is 2.